The van der Waals surface area contributed by atoms with Gasteiger partial charge in [0.2, 0.25) is 0 Å². The summed E-state index contributed by atoms with van der Waals surface area (Å²) in [5.41, 5.74) is 1.33. The molecule has 0 atom stereocenters. The predicted molar refractivity (Wildman–Crippen MR) is 133 cm³/mol. The fourth-order valence-electron chi connectivity index (χ4n) is 4.37. The molecule has 0 unspecified atom stereocenters. The summed E-state index contributed by atoms with van der Waals surface area (Å²) in [6.45, 7) is 1.55. The molecule has 0 N–H and O–H groups in total. The summed E-state index contributed by atoms with van der Waals surface area (Å²) in [6.07, 6.45) is 0.925. The molecule has 0 bridgehead atoms. The summed E-state index contributed by atoms with van der Waals surface area (Å²) in [5.74, 6) is 2.28. The molecule has 29 heavy (non-hydrogen) atoms. The molecular weight excluding hydrogens is 391 g/mol. The van der Waals surface area contributed by atoms with Gasteiger partial charge in [0, 0.05) is 0 Å². The van der Waals surface area contributed by atoms with Crippen LogP contribution in [-0.2, 0) is 6.16 Å². The molecule has 0 aliphatic carbocycles. The van der Waals surface area contributed by atoms with Crippen molar-refractivity contribution >= 4 is 34.9 Å². The number of rotatable bonds is 6. The second-order valence-corrected chi connectivity index (χ2v) is 12.2. The minimum Gasteiger partial charge on any atom is -0.147 e. The topological polar surface area (TPSA) is 0 Å². The van der Waals surface area contributed by atoms with Gasteiger partial charge in [-0.2, -0.15) is 0 Å². The number of hydrogen-bond donors (Lipinski definition) is 0. The Morgan fingerprint density at radius 1 is 0.517 bits per heavy atom. The largest absolute Gasteiger partial charge is 0.147 e. The van der Waals surface area contributed by atoms with Crippen molar-refractivity contribution in [2.45, 2.75) is 6.16 Å². The fraction of sp³-hybridized carbons (Fsp3) is 0.0370. The molecule has 0 saturated carbocycles. The first-order chi connectivity index (χ1) is 13.8. The van der Waals surface area contributed by atoms with Crippen molar-refractivity contribution in [2.24, 2.45) is 0 Å². The molecule has 4 rings (SSSR count). The van der Waals surface area contributed by atoms with Gasteiger partial charge in [-0.25, -0.2) is 0 Å². The summed E-state index contributed by atoms with van der Waals surface area (Å²) >= 11 is 0. The molecule has 4 aromatic rings. The van der Waals surface area contributed by atoms with E-state index in [9.17, 15) is 0 Å². The Kier molecular flexibility index (Phi) is 6.38. The Labute approximate surface area is 180 Å². The van der Waals surface area contributed by atoms with Crippen LogP contribution >= 0.6 is 19.0 Å². The molecule has 2 heteroatoms. The summed E-state index contributed by atoms with van der Waals surface area (Å²) in [6, 6.07) is 43.7. The van der Waals surface area contributed by atoms with Crippen LogP contribution in [0.2, 0.25) is 0 Å². The van der Waals surface area contributed by atoms with Crippen LogP contribution in [0.1, 0.15) is 5.56 Å². The third kappa shape index (κ3) is 3.44. The third-order valence-corrected chi connectivity index (χ3v) is 12.1. The molecule has 0 radical (unpaired) electrons. The number of halogens is 1. The molecule has 0 amide bonds. The molecule has 0 aromatic heterocycles. The molecule has 0 nitrogen and oxygen atoms in total. The first-order valence-corrected chi connectivity index (χ1v) is 12.1. The van der Waals surface area contributed by atoms with Gasteiger partial charge in [0.15, 0.2) is 0 Å². The van der Waals surface area contributed by atoms with Gasteiger partial charge >= 0.3 is 168 Å². The molecule has 0 saturated heterocycles. The van der Waals surface area contributed by atoms with Crippen LogP contribution < -0.4 is 15.9 Å². The van der Waals surface area contributed by atoms with E-state index in [1.54, 1.807) is 0 Å². The molecule has 4 aromatic carbocycles. The normalized spacial score (nSPS) is 12.2. The molecule has 0 heterocycles. The maximum atomic E-state index is 4.49. The minimum atomic E-state index is -2.94. The van der Waals surface area contributed by atoms with Crippen LogP contribution in [-0.4, -0.2) is 0 Å². The Bertz CT molecular complexity index is 945. The average Bonchev–Trinajstić information content (AvgIpc) is 2.80. The first kappa shape index (κ1) is 21.1. The Morgan fingerprint density at radius 2 is 0.828 bits per heavy atom. The van der Waals surface area contributed by atoms with Gasteiger partial charge in [-0.3, -0.25) is 0 Å². The van der Waals surface area contributed by atoms with E-state index in [0.29, 0.717) is 0 Å². The molecule has 0 fully saturated rings. The standard InChI is InChI=1S/C27H25P.ClH/c1-2-28(25-17-9-4-10-18-25,26-19-11-5-12-20-26,27-21-13-6-14-22-27)23-24-15-7-3-8-16-24;/h2-22H,1,23H2;1H. The summed E-state index contributed by atoms with van der Waals surface area (Å²) in [7, 11) is 0. The van der Waals surface area contributed by atoms with Gasteiger partial charge < -0.3 is 0 Å². The molecular formula is C27H26ClP. The van der Waals surface area contributed by atoms with Crippen molar-refractivity contribution in [3.8, 4) is 0 Å². The zero-order valence-electron chi connectivity index (χ0n) is 16.4. The molecule has 0 aliphatic heterocycles. The van der Waals surface area contributed by atoms with Crippen molar-refractivity contribution in [3.05, 3.63) is 139 Å². The van der Waals surface area contributed by atoms with Gasteiger partial charge in [0.1, 0.15) is 0 Å². The predicted octanol–water partition coefficient (Wildman–Crippen LogP) is 6.28. The van der Waals surface area contributed by atoms with E-state index in [2.05, 4.69) is 134 Å². The monoisotopic (exact) mass is 416 g/mol. The summed E-state index contributed by atoms with van der Waals surface area (Å²) in [5, 5.41) is 4.05. The maximum Gasteiger partial charge on any atom is -0.147 e. The van der Waals surface area contributed by atoms with Crippen molar-refractivity contribution in [1.29, 1.82) is 0 Å². The Morgan fingerprint density at radius 3 is 1.14 bits per heavy atom. The smallest absolute Gasteiger partial charge is 0.147 e. The van der Waals surface area contributed by atoms with Gasteiger partial charge in [0.25, 0.3) is 0 Å². The average molecular weight is 417 g/mol. The number of hydrogen-bond acceptors (Lipinski definition) is 0. The van der Waals surface area contributed by atoms with Gasteiger partial charge in [0.05, 0.1) is 0 Å². The van der Waals surface area contributed by atoms with Gasteiger partial charge in [-0.05, 0) is 0 Å². The van der Waals surface area contributed by atoms with Crippen molar-refractivity contribution in [2.75, 3.05) is 0 Å². The van der Waals surface area contributed by atoms with E-state index < -0.39 is 6.60 Å². The zero-order valence-corrected chi connectivity index (χ0v) is 18.1. The molecule has 0 aliphatic rings. The number of benzene rings is 4. The van der Waals surface area contributed by atoms with Crippen molar-refractivity contribution in [1.82, 2.24) is 0 Å². The van der Waals surface area contributed by atoms with E-state index in [-0.39, 0.29) is 12.4 Å². The third-order valence-electron chi connectivity index (χ3n) is 5.79. The van der Waals surface area contributed by atoms with Gasteiger partial charge in [-0.1, -0.05) is 0 Å². The molecule has 146 valence electrons. The van der Waals surface area contributed by atoms with E-state index in [0.717, 1.165) is 6.16 Å². The maximum absolute atomic E-state index is 4.49. The second-order valence-electron chi connectivity index (χ2n) is 7.21. The fourth-order valence-corrected chi connectivity index (χ4v) is 10.1. The van der Waals surface area contributed by atoms with Crippen LogP contribution in [0.25, 0.3) is 0 Å². The zero-order chi connectivity index (χ0) is 19.3. The van der Waals surface area contributed by atoms with E-state index in [4.69, 9.17) is 0 Å². The van der Waals surface area contributed by atoms with Crippen LogP contribution in [0.4, 0.5) is 0 Å². The quantitative estimate of drug-likeness (QED) is 0.324. The van der Waals surface area contributed by atoms with E-state index in [1.165, 1.54) is 21.5 Å². The molecule has 0 spiro atoms. The summed E-state index contributed by atoms with van der Waals surface area (Å²) in [4.78, 5) is 0. The van der Waals surface area contributed by atoms with Crippen LogP contribution in [0.5, 0.6) is 0 Å². The Hall–Kier alpha value is -2.66. The van der Waals surface area contributed by atoms with Crippen molar-refractivity contribution < 1.29 is 0 Å². The van der Waals surface area contributed by atoms with Crippen LogP contribution in [0, 0.1) is 0 Å². The second kappa shape index (κ2) is 8.78. The van der Waals surface area contributed by atoms with E-state index in [1.807, 2.05) is 0 Å². The summed E-state index contributed by atoms with van der Waals surface area (Å²) < 4.78 is 0. The Balaban J connectivity index is 0.00000240. The SMILES string of the molecule is C=CP(Cc1ccccc1)(c1ccccc1)(c1ccccc1)c1ccccc1.Cl. The van der Waals surface area contributed by atoms with Crippen LogP contribution in [0.15, 0.2) is 134 Å². The first-order valence-electron chi connectivity index (χ1n) is 9.65. The van der Waals surface area contributed by atoms with Crippen LogP contribution in [0.3, 0.4) is 0 Å². The minimum absolute atomic E-state index is 0. The van der Waals surface area contributed by atoms with Crippen molar-refractivity contribution in [3.63, 3.8) is 0 Å². The van der Waals surface area contributed by atoms with E-state index >= 15 is 0 Å². The van der Waals surface area contributed by atoms with Gasteiger partial charge in [-0.15, -0.1) is 12.4 Å².